The summed E-state index contributed by atoms with van der Waals surface area (Å²) in [6, 6.07) is 8.26. The van der Waals surface area contributed by atoms with Gasteiger partial charge in [-0.15, -0.1) is 0 Å². The quantitative estimate of drug-likeness (QED) is 0.467. The molecule has 0 spiro atoms. The fourth-order valence-electron chi connectivity index (χ4n) is 4.84. The van der Waals surface area contributed by atoms with Crippen molar-refractivity contribution < 1.29 is 13.6 Å². The Morgan fingerprint density at radius 2 is 1.90 bits per heavy atom. The average molecular weight is 428 g/mol. The largest absolute Gasteiger partial charge is 0.345 e. The number of aryl methyl sites for hydroxylation is 1. The number of carbonyl (C=O) groups is 1. The Hall–Kier alpha value is -2.23. The summed E-state index contributed by atoms with van der Waals surface area (Å²) in [6.45, 7) is 11.8. The summed E-state index contributed by atoms with van der Waals surface area (Å²) in [5.41, 5.74) is 1.46. The van der Waals surface area contributed by atoms with E-state index in [0.717, 1.165) is 47.6 Å². The van der Waals surface area contributed by atoms with E-state index in [9.17, 15) is 13.6 Å². The fraction of sp³-hybridized carbons (Fsp3) is 0.519. The van der Waals surface area contributed by atoms with Crippen LogP contribution in [0.25, 0.3) is 10.8 Å². The molecule has 1 aliphatic rings. The van der Waals surface area contributed by atoms with Crippen molar-refractivity contribution in [1.29, 1.82) is 0 Å². The summed E-state index contributed by atoms with van der Waals surface area (Å²) in [4.78, 5) is 13.3. The second-order valence-corrected chi connectivity index (χ2v) is 9.89. The number of nitrogens with one attached hydrogen (secondary N) is 1. The lowest BCUT2D eigenvalue weighted by Gasteiger charge is -2.31. The van der Waals surface area contributed by atoms with E-state index in [1.54, 1.807) is 13.0 Å². The van der Waals surface area contributed by atoms with Gasteiger partial charge in [0.2, 0.25) is 0 Å². The molecule has 0 aromatic heterocycles. The van der Waals surface area contributed by atoms with Gasteiger partial charge in [-0.1, -0.05) is 38.1 Å². The zero-order valence-corrected chi connectivity index (χ0v) is 19.2. The molecular weight excluding hydrogens is 392 g/mol. The van der Waals surface area contributed by atoms with Gasteiger partial charge >= 0.3 is 0 Å². The number of alkyl halides is 1. The van der Waals surface area contributed by atoms with E-state index in [0.29, 0.717) is 24.3 Å². The molecule has 4 heteroatoms. The molecule has 1 aliphatic carbocycles. The molecule has 1 N–H and O–H groups in total. The van der Waals surface area contributed by atoms with Crippen LogP contribution in [0, 0.1) is 17.7 Å². The number of rotatable bonds is 7. The zero-order valence-electron chi connectivity index (χ0n) is 19.2. The smallest absolute Gasteiger partial charge is 0.252 e. The highest BCUT2D eigenvalue weighted by molar-refractivity contribution is 6.01. The summed E-state index contributed by atoms with van der Waals surface area (Å²) in [5.74, 6) is 0.279. The number of fused-ring (bicyclic) bond motifs is 1. The number of hydrogen-bond acceptors (Lipinski definition) is 1. The molecule has 0 radical (unpaired) electrons. The normalized spacial score (nSPS) is 22.5. The standard InChI is InChI=1S/C27H35F2NO/c1-17(2)25(18(3)4)30-26(31)24-10-7-20-16-21(28)8-11-22(20)23(24)9-6-19-12-14-27(5,29)15-13-19/h7-8,10-11,16,18-19,25H,1,6,9,12-15H2,2-5H3,(H,30,31). The molecule has 1 unspecified atom stereocenters. The van der Waals surface area contributed by atoms with Gasteiger partial charge in [-0.3, -0.25) is 4.79 Å². The first-order chi connectivity index (χ1) is 14.6. The summed E-state index contributed by atoms with van der Waals surface area (Å²) in [6.07, 6.45) is 4.57. The predicted molar refractivity (Wildman–Crippen MR) is 125 cm³/mol. The van der Waals surface area contributed by atoms with Crippen molar-refractivity contribution in [1.82, 2.24) is 5.32 Å². The van der Waals surface area contributed by atoms with E-state index in [4.69, 9.17) is 0 Å². The van der Waals surface area contributed by atoms with Crippen molar-refractivity contribution >= 4 is 16.7 Å². The van der Waals surface area contributed by atoms with Gasteiger partial charge < -0.3 is 5.32 Å². The number of benzene rings is 2. The second kappa shape index (κ2) is 9.50. The minimum absolute atomic E-state index is 0.107. The van der Waals surface area contributed by atoms with Gasteiger partial charge in [0, 0.05) is 5.56 Å². The van der Waals surface area contributed by atoms with E-state index in [-0.39, 0.29) is 23.7 Å². The van der Waals surface area contributed by atoms with Crippen LogP contribution in [0.4, 0.5) is 8.78 Å². The average Bonchev–Trinajstić information content (AvgIpc) is 2.70. The van der Waals surface area contributed by atoms with Gasteiger partial charge in [-0.05, 0) is 98.7 Å². The molecule has 2 aromatic rings. The molecule has 0 aliphatic heterocycles. The zero-order chi connectivity index (χ0) is 22.8. The van der Waals surface area contributed by atoms with E-state index >= 15 is 0 Å². The van der Waals surface area contributed by atoms with Gasteiger partial charge in [-0.25, -0.2) is 8.78 Å². The summed E-state index contributed by atoms with van der Waals surface area (Å²) < 4.78 is 28.0. The molecule has 31 heavy (non-hydrogen) atoms. The molecule has 1 amide bonds. The van der Waals surface area contributed by atoms with Crippen LogP contribution in [-0.4, -0.2) is 17.6 Å². The van der Waals surface area contributed by atoms with Crippen LogP contribution in [0.15, 0.2) is 42.5 Å². The van der Waals surface area contributed by atoms with Crippen LogP contribution in [0.1, 0.15) is 75.7 Å². The van der Waals surface area contributed by atoms with Crippen LogP contribution >= 0.6 is 0 Å². The second-order valence-electron chi connectivity index (χ2n) is 9.89. The number of halogens is 2. The Morgan fingerprint density at radius 3 is 2.52 bits per heavy atom. The van der Waals surface area contributed by atoms with Gasteiger partial charge in [0.05, 0.1) is 6.04 Å². The minimum atomic E-state index is -1.05. The van der Waals surface area contributed by atoms with Gasteiger partial charge in [0.25, 0.3) is 5.91 Å². The number of amides is 1. The first kappa shape index (κ1) is 23.4. The van der Waals surface area contributed by atoms with E-state index in [1.807, 2.05) is 19.1 Å². The third-order valence-electron chi connectivity index (χ3n) is 6.77. The first-order valence-corrected chi connectivity index (χ1v) is 11.4. The summed E-state index contributed by atoms with van der Waals surface area (Å²) >= 11 is 0. The molecule has 1 atom stereocenters. The molecule has 2 nitrogen and oxygen atoms in total. The predicted octanol–water partition coefficient (Wildman–Crippen LogP) is 7.16. The Bertz CT molecular complexity index is 953. The van der Waals surface area contributed by atoms with Crippen molar-refractivity contribution in [2.45, 2.75) is 77.9 Å². The summed E-state index contributed by atoms with van der Waals surface area (Å²) in [7, 11) is 0. The van der Waals surface area contributed by atoms with Crippen molar-refractivity contribution in [2.75, 3.05) is 0 Å². The molecule has 3 rings (SSSR count). The number of carbonyl (C=O) groups excluding carboxylic acids is 1. The lowest BCUT2D eigenvalue weighted by Crippen LogP contribution is -2.39. The van der Waals surface area contributed by atoms with E-state index < -0.39 is 5.67 Å². The molecule has 1 saturated carbocycles. The third-order valence-corrected chi connectivity index (χ3v) is 6.77. The molecular formula is C27H35F2NO. The topological polar surface area (TPSA) is 29.1 Å². The van der Waals surface area contributed by atoms with Gasteiger partial charge in [0.15, 0.2) is 0 Å². The Kier molecular flexibility index (Phi) is 7.18. The lowest BCUT2D eigenvalue weighted by molar-refractivity contribution is 0.0932. The molecule has 0 bridgehead atoms. The fourth-order valence-corrected chi connectivity index (χ4v) is 4.84. The third kappa shape index (κ3) is 5.72. The van der Waals surface area contributed by atoms with Crippen LogP contribution in [0.5, 0.6) is 0 Å². The Labute approximate surface area is 185 Å². The molecule has 168 valence electrons. The van der Waals surface area contributed by atoms with Crippen LogP contribution in [0.3, 0.4) is 0 Å². The molecule has 0 saturated heterocycles. The van der Waals surface area contributed by atoms with Gasteiger partial charge in [-0.2, -0.15) is 0 Å². The highest BCUT2D eigenvalue weighted by Gasteiger charge is 2.30. The van der Waals surface area contributed by atoms with E-state index in [1.165, 1.54) is 12.1 Å². The summed E-state index contributed by atoms with van der Waals surface area (Å²) in [5, 5.41) is 4.85. The number of hydrogen-bond donors (Lipinski definition) is 1. The van der Waals surface area contributed by atoms with Crippen LogP contribution < -0.4 is 5.32 Å². The van der Waals surface area contributed by atoms with Gasteiger partial charge in [0.1, 0.15) is 11.5 Å². The van der Waals surface area contributed by atoms with E-state index in [2.05, 4.69) is 25.7 Å². The maximum absolute atomic E-state index is 14.2. The minimum Gasteiger partial charge on any atom is -0.345 e. The molecule has 2 aromatic carbocycles. The molecule has 0 heterocycles. The van der Waals surface area contributed by atoms with Crippen LogP contribution in [-0.2, 0) is 6.42 Å². The maximum atomic E-state index is 14.2. The monoisotopic (exact) mass is 427 g/mol. The van der Waals surface area contributed by atoms with Crippen LogP contribution in [0.2, 0.25) is 0 Å². The highest BCUT2D eigenvalue weighted by Crippen LogP contribution is 2.37. The van der Waals surface area contributed by atoms with Crippen molar-refractivity contribution in [3.8, 4) is 0 Å². The highest BCUT2D eigenvalue weighted by atomic mass is 19.1. The SMILES string of the molecule is C=C(C)C(NC(=O)c1ccc2cc(F)ccc2c1CCC1CCC(C)(F)CC1)C(C)C. The first-order valence-electron chi connectivity index (χ1n) is 11.4. The van der Waals surface area contributed by atoms with Crippen molar-refractivity contribution in [3.05, 3.63) is 59.4 Å². The van der Waals surface area contributed by atoms with Crippen molar-refractivity contribution in [2.24, 2.45) is 11.8 Å². The molecule has 1 fully saturated rings. The maximum Gasteiger partial charge on any atom is 0.252 e. The van der Waals surface area contributed by atoms with Crippen molar-refractivity contribution in [3.63, 3.8) is 0 Å². The lowest BCUT2D eigenvalue weighted by atomic mass is 9.78. The Balaban J connectivity index is 1.89. The Morgan fingerprint density at radius 1 is 1.23 bits per heavy atom.